The van der Waals surface area contributed by atoms with Gasteiger partial charge in [-0.25, -0.2) is 13.8 Å². The Morgan fingerprint density at radius 1 is 1.19 bits per heavy atom. The van der Waals surface area contributed by atoms with Gasteiger partial charge in [0.2, 0.25) is 5.91 Å². The highest BCUT2D eigenvalue weighted by Gasteiger charge is 2.46. The van der Waals surface area contributed by atoms with Crippen molar-refractivity contribution >= 4 is 33.4 Å². The topological polar surface area (TPSA) is 151 Å². The fourth-order valence-corrected chi connectivity index (χ4v) is 6.53. The molecule has 4 aromatic rings. The molecule has 0 aliphatic carbocycles. The number of likely N-dealkylation sites (tertiary alicyclic amines) is 1. The van der Waals surface area contributed by atoms with Gasteiger partial charge in [-0.2, -0.15) is 10.2 Å². The summed E-state index contributed by atoms with van der Waals surface area (Å²) in [7, 11) is 2.72. The Morgan fingerprint density at radius 3 is 2.57 bits per heavy atom. The molecule has 1 aliphatic rings. The van der Waals surface area contributed by atoms with E-state index in [2.05, 4.69) is 10.2 Å². The first kappa shape index (κ1) is 29.3. The number of fused-ring (bicyclic) bond motifs is 1. The molecule has 5 rings (SSSR count). The minimum absolute atomic E-state index is 0.0452. The lowest BCUT2D eigenvalue weighted by molar-refractivity contribution is -0.154. The molecule has 0 unspecified atom stereocenters. The van der Waals surface area contributed by atoms with Gasteiger partial charge in [0, 0.05) is 24.6 Å². The number of halogens is 1. The molecule has 1 N–H and O–H groups in total. The van der Waals surface area contributed by atoms with Crippen LogP contribution in [0, 0.1) is 12.7 Å². The Bertz CT molecular complexity index is 1800. The van der Waals surface area contributed by atoms with Crippen molar-refractivity contribution in [1.82, 2.24) is 29.0 Å². The van der Waals surface area contributed by atoms with Crippen molar-refractivity contribution in [2.75, 3.05) is 27.4 Å². The van der Waals surface area contributed by atoms with Gasteiger partial charge >= 0.3 is 5.69 Å². The molecule has 0 bridgehead atoms. The smallest absolute Gasteiger partial charge is 0.333 e. The van der Waals surface area contributed by atoms with Gasteiger partial charge in [0.05, 0.1) is 44.6 Å². The number of thiophene rings is 1. The zero-order chi connectivity index (χ0) is 30.3. The number of hydrogen-bond acceptors (Lipinski definition) is 10. The second-order valence-corrected chi connectivity index (χ2v) is 11.0. The molecule has 42 heavy (non-hydrogen) atoms. The van der Waals surface area contributed by atoms with Crippen LogP contribution in [0.25, 0.3) is 15.2 Å². The molecule has 3 aromatic heterocycles. The number of methoxy groups -OCH3 is 1. The van der Waals surface area contributed by atoms with Crippen LogP contribution in [0.3, 0.4) is 0 Å². The molecule has 1 fully saturated rings. The average molecular weight is 601 g/mol. The van der Waals surface area contributed by atoms with E-state index in [0.717, 1.165) is 20.8 Å². The number of aliphatic hydroxyl groups is 1. The zero-order valence-corrected chi connectivity index (χ0v) is 24.2. The van der Waals surface area contributed by atoms with Crippen molar-refractivity contribution in [2.45, 2.75) is 44.9 Å². The summed E-state index contributed by atoms with van der Waals surface area (Å²) in [6.45, 7) is 2.42. The third-order valence-corrected chi connectivity index (χ3v) is 8.82. The van der Waals surface area contributed by atoms with Crippen LogP contribution in [-0.2, 0) is 26.4 Å². The van der Waals surface area contributed by atoms with Gasteiger partial charge in [0.15, 0.2) is 0 Å². The standard InChI is InChI=1S/C27H29FN6O7S/c1-15-21-22(37)33(27(2)8-7-20(36)31(3)25(27)38)26(39)32(24(21)42-23(15)34-29-9-10-30-34)14-19(41-12-11-35)17-13-16(28)5-6-18(17)40-4/h5-6,9-10,13,19,35H,7-8,11-12,14H2,1-4H3/t19-,27-/m0/s1. The second kappa shape index (κ2) is 11.2. The molecule has 2 atom stereocenters. The van der Waals surface area contributed by atoms with Gasteiger partial charge in [-0.3, -0.25) is 23.9 Å². The molecule has 1 aromatic carbocycles. The number of aromatic nitrogens is 5. The van der Waals surface area contributed by atoms with Gasteiger partial charge in [-0.15, -0.1) is 4.80 Å². The number of carbonyl (C=O) groups is 2. The van der Waals surface area contributed by atoms with Crippen molar-refractivity contribution < 1.29 is 28.6 Å². The lowest BCUT2D eigenvalue weighted by Crippen LogP contribution is -2.61. The van der Waals surface area contributed by atoms with Crippen LogP contribution in [0.2, 0.25) is 0 Å². The maximum Gasteiger partial charge on any atom is 0.333 e. The molecular weight excluding hydrogens is 571 g/mol. The van der Waals surface area contributed by atoms with Gasteiger partial charge in [-0.1, -0.05) is 11.3 Å². The van der Waals surface area contributed by atoms with Crippen LogP contribution in [-0.4, -0.2) is 73.3 Å². The summed E-state index contributed by atoms with van der Waals surface area (Å²) in [6.07, 6.45) is 1.82. The molecular formula is C27H29FN6O7S. The number of rotatable bonds is 9. The molecule has 13 nitrogen and oxygen atoms in total. The number of imide groups is 1. The Kier molecular flexibility index (Phi) is 7.83. The van der Waals surface area contributed by atoms with E-state index in [4.69, 9.17) is 9.47 Å². The summed E-state index contributed by atoms with van der Waals surface area (Å²) in [5, 5.41) is 18.5. The van der Waals surface area contributed by atoms with E-state index < -0.39 is 40.5 Å². The summed E-state index contributed by atoms with van der Waals surface area (Å²) < 4.78 is 27.9. The first-order valence-corrected chi connectivity index (χ1v) is 13.9. The largest absolute Gasteiger partial charge is 0.496 e. The number of aliphatic hydroxyl groups excluding tert-OH is 1. The van der Waals surface area contributed by atoms with Crippen molar-refractivity contribution in [2.24, 2.45) is 0 Å². The zero-order valence-electron chi connectivity index (χ0n) is 23.4. The third kappa shape index (κ3) is 4.72. The fraction of sp³-hybridized carbons (Fsp3) is 0.407. The van der Waals surface area contributed by atoms with Gasteiger partial charge in [-0.05, 0) is 38.5 Å². The molecule has 1 aliphatic heterocycles. The predicted octanol–water partition coefficient (Wildman–Crippen LogP) is 1.51. The number of likely N-dealkylation sites (N-methyl/N-ethyl adjacent to an activating group) is 1. The van der Waals surface area contributed by atoms with E-state index in [1.54, 1.807) is 6.92 Å². The van der Waals surface area contributed by atoms with E-state index in [-0.39, 0.29) is 54.1 Å². The molecule has 2 amide bonds. The minimum atomic E-state index is -1.66. The summed E-state index contributed by atoms with van der Waals surface area (Å²) >= 11 is 1.09. The summed E-state index contributed by atoms with van der Waals surface area (Å²) in [5.41, 5.74) is -2.43. The SMILES string of the molecule is COc1ccc(F)cc1[C@H](Cn1c(=O)n([C@@]2(C)CCC(=O)N(C)C2=O)c(=O)c2c(C)c(-n3nccn3)sc21)OCCO. The third-order valence-electron chi connectivity index (χ3n) is 7.54. The molecule has 4 heterocycles. The lowest BCUT2D eigenvalue weighted by Gasteiger charge is -2.37. The number of aryl methyl sites for hydroxylation is 1. The lowest BCUT2D eigenvalue weighted by atomic mass is 9.89. The Hall–Kier alpha value is -4.21. The molecule has 1 saturated heterocycles. The number of hydrogen-bond donors (Lipinski definition) is 1. The van der Waals surface area contributed by atoms with Gasteiger partial charge in [0.25, 0.3) is 11.5 Å². The minimum Gasteiger partial charge on any atom is -0.496 e. The molecule has 0 radical (unpaired) electrons. The Balaban J connectivity index is 1.81. The van der Waals surface area contributed by atoms with Crippen molar-refractivity contribution in [3.05, 3.63) is 68.4 Å². The van der Waals surface area contributed by atoms with E-state index in [9.17, 15) is 28.7 Å². The Morgan fingerprint density at radius 2 is 1.90 bits per heavy atom. The second-order valence-electron chi connectivity index (χ2n) is 10.1. The first-order chi connectivity index (χ1) is 20.0. The number of nitrogens with zero attached hydrogens (tertiary/aromatic N) is 6. The highest BCUT2D eigenvalue weighted by molar-refractivity contribution is 7.21. The van der Waals surface area contributed by atoms with Crippen LogP contribution in [0.15, 0.2) is 40.2 Å². The average Bonchev–Trinajstić information content (AvgIpc) is 3.62. The van der Waals surface area contributed by atoms with Gasteiger partial charge in [0.1, 0.15) is 33.0 Å². The maximum atomic E-state index is 14.4. The van der Waals surface area contributed by atoms with Crippen LogP contribution in [0.4, 0.5) is 4.39 Å². The summed E-state index contributed by atoms with van der Waals surface area (Å²) in [6, 6.07) is 3.85. The van der Waals surface area contributed by atoms with Gasteiger partial charge < -0.3 is 14.6 Å². The fourth-order valence-electron chi connectivity index (χ4n) is 5.31. The first-order valence-electron chi connectivity index (χ1n) is 13.1. The summed E-state index contributed by atoms with van der Waals surface area (Å²) in [4.78, 5) is 56.7. The van der Waals surface area contributed by atoms with Crippen molar-refractivity contribution in [1.29, 1.82) is 0 Å². The molecule has 222 valence electrons. The number of carbonyl (C=O) groups excluding carboxylic acids is 2. The van der Waals surface area contributed by atoms with E-state index in [0.29, 0.717) is 10.6 Å². The van der Waals surface area contributed by atoms with E-state index >= 15 is 0 Å². The quantitative estimate of drug-likeness (QED) is 0.282. The number of amides is 2. The van der Waals surface area contributed by atoms with Crippen LogP contribution < -0.4 is 16.0 Å². The molecule has 0 saturated carbocycles. The number of benzene rings is 1. The van der Waals surface area contributed by atoms with Crippen LogP contribution in [0.1, 0.15) is 37.0 Å². The monoisotopic (exact) mass is 600 g/mol. The van der Waals surface area contributed by atoms with Crippen LogP contribution >= 0.6 is 11.3 Å². The van der Waals surface area contributed by atoms with Crippen molar-refractivity contribution in [3.8, 4) is 10.8 Å². The molecule has 0 spiro atoms. The van der Waals surface area contributed by atoms with E-state index in [1.807, 2.05) is 0 Å². The van der Waals surface area contributed by atoms with Crippen molar-refractivity contribution in [3.63, 3.8) is 0 Å². The number of ether oxygens (including phenoxy) is 2. The number of piperidine rings is 1. The highest BCUT2D eigenvalue weighted by Crippen LogP contribution is 2.35. The Labute approximate surface area is 242 Å². The summed E-state index contributed by atoms with van der Waals surface area (Å²) in [5.74, 6) is -1.39. The predicted molar refractivity (Wildman–Crippen MR) is 149 cm³/mol. The normalized spacial score (nSPS) is 18.2. The highest BCUT2D eigenvalue weighted by atomic mass is 32.1. The molecule has 15 heteroatoms. The maximum absolute atomic E-state index is 14.4. The van der Waals surface area contributed by atoms with E-state index in [1.165, 1.54) is 61.0 Å². The van der Waals surface area contributed by atoms with Crippen LogP contribution in [0.5, 0.6) is 5.75 Å².